The molecule has 1 saturated heterocycles. The average molecular weight is 262 g/mol. The third-order valence-corrected chi connectivity index (χ3v) is 3.83. The highest BCUT2D eigenvalue weighted by Gasteiger charge is 2.24. The van der Waals surface area contributed by atoms with Gasteiger partial charge in [0.25, 0.3) is 0 Å². The van der Waals surface area contributed by atoms with Crippen LogP contribution >= 0.6 is 0 Å². The van der Waals surface area contributed by atoms with E-state index in [1.165, 1.54) is 5.69 Å². The molecule has 19 heavy (non-hydrogen) atoms. The maximum atomic E-state index is 10.9. The summed E-state index contributed by atoms with van der Waals surface area (Å²) in [6, 6.07) is 10.6. The maximum absolute atomic E-state index is 10.9. The van der Waals surface area contributed by atoms with E-state index >= 15 is 0 Å². The lowest BCUT2D eigenvalue weighted by molar-refractivity contribution is -0.138. The fraction of sp³-hybridized carbons (Fsp3) is 0.533. The van der Waals surface area contributed by atoms with Gasteiger partial charge in [0.1, 0.15) is 0 Å². The molecule has 1 aliphatic heterocycles. The Kier molecular flexibility index (Phi) is 4.80. The van der Waals surface area contributed by atoms with Crippen LogP contribution in [0.25, 0.3) is 0 Å². The van der Waals surface area contributed by atoms with E-state index in [1.807, 2.05) is 6.07 Å². The van der Waals surface area contributed by atoms with Gasteiger partial charge in [-0.3, -0.25) is 9.69 Å². The van der Waals surface area contributed by atoms with Crippen molar-refractivity contribution in [3.63, 3.8) is 0 Å². The summed E-state index contributed by atoms with van der Waals surface area (Å²) < 4.78 is 0. The molecule has 1 fully saturated rings. The van der Waals surface area contributed by atoms with E-state index in [4.69, 9.17) is 5.11 Å². The number of hydrogen-bond donors (Lipinski definition) is 1. The molecule has 104 valence electrons. The van der Waals surface area contributed by atoms with Crippen LogP contribution in [0.4, 0.5) is 5.69 Å². The molecule has 2 rings (SSSR count). The lowest BCUT2D eigenvalue weighted by Gasteiger charge is -2.39. The highest BCUT2D eigenvalue weighted by atomic mass is 16.4. The fourth-order valence-corrected chi connectivity index (χ4v) is 2.72. The first-order valence-corrected chi connectivity index (χ1v) is 6.96. The van der Waals surface area contributed by atoms with Crippen molar-refractivity contribution >= 4 is 11.7 Å². The molecule has 0 radical (unpaired) electrons. The lowest BCUT2D eigenvalue weighted by atomic mass is 10.1. The van der Waals surface area contributed by atoms with Crippen LogP contribution in [0.15, 0.2) is 30.3 Å². The Balaban J connectivity index is 1.89. The first-order chi connectivity index (χ1) is 9.20. The molecule has 1 aromatic carbocycles. The standard InChI is InChI=1S/C15H22N2O2/c1-2-13(12-15(18)19)16-8-10-17(11-9-16)14-6-4-3-5-7-14/h3-7,13H,2,8-12H2,1H3,(H,18,19). The smallest absolute Gasteiger partial charge is 0.304 e. The molecule has 0 aromatic heterocycles. The Morgan fingerprint density at radius 1 is 1.21 bits per heavy atom. The van der Waals surface area contributed by atoms with Gasteiger partial charge in [0, 0.05) is 37.9 Å². The van der Waals surface area contributed by atoms with Crippen LogP contribution in [0.5, 0.6) is 0 Å². The monoisotopic (exact) mass is 262 g/mol. The van der Waals surface area contributed by atoms with Crippen LogP contribution in [-0.4, -0.2) is 48.2 Å². The van der Waals surface area contributed by atoms with Gasteiger partial charge in [-0.15, -0.1) is 0 Å². The topological polar surface area (TPSA) is 43.8 Å². The highest BCUT2D eigenvalue weighted by molar-refractivity contribution is 5.67. The Morgan fingerprint density at radius 3 is 2.37 bits per heavy atom. The molecule has 0 aliphatic carbocycles. The Bertz CT molecular complexity index is 400. The number of hydrogen-bond acceptors (Lipinski definition) is 3. The number of carbonyl (C=O) groups is 1. The molecule has 1 aromatic rings. The van der Waals surface area contributed by atoms with Crippen LogP contribution < -0.4 is 4.90 Å². The van der Waals surface area contributed by atoms with Gasteiger partial charge in [-0.05, 0) is 18.6 Å². The number of carboxylic acid groups (broad SMARTS) is 1. The van der Waals surface area contributed by atoms with E-state index in [9.17, 15) is 4.79 Å². The summed E-state index contributed by atoms with van der Waals surface area (Å²) in [6.07, 6.45) is 1.15. The quantitative estimate of drug-likeness (QED) is 0.882. The highest BCUT2D eigenvalue weighted by Crippen LogP contribution is 2.18. The van der Waals surface area contributed by atoms with Crippen LogP contribution in [0.2, 0.25) is 0 Å². The summed E-state index contributed by atoms with van der Waals surface area (Å²) in [7, 11) is 0. The van der Waals surface area contributed by atoms with E-state index in [2.05, 4.69) is 41.0 Å². The number of aliphatic carboxylic acids is 1. The van der Waals surface area contributed by atoms with Gasteiger partial charge in [0.05, 0.1) is 6.42 Å². The van der Waals surface area contributed by atoms with E-state index < -0.39 is 5.97 Å². The van der Waals surface area contributed by atoms with Crippen molar-refractivity contribution in [3.8, 4) is 0 Å². The number of nitrogens with zero attached hydrogens (tertiary/aromatic N) is 2. The van der Waals surface area contributed by atoms with E-state index in [0.717, 1.165) is 32.6 Å². The summed E-state index contributed by atoms with van der Waals surface area (Å²) >= 11 is 0. The van der Waals surface area contributed by atoms with Gasteiger partial charge in [0.2, 0.25) is 0 Å². The van der Waals surface area contributed by atoms with Crippen molar-refractivity contribution in [2.24, 2.45) is 0 Å². The molecule has 1 aliphatic rings. The molecular weight excluding hydrogens is 240 g/mol. The molecule has 1 atom stereocenters. The molecule has 0 amide bonds. The van der Waals surface area contributed by atoms with Gasteiger partial charge in [-0.1, -0.05) is 25.1 Å². The van der Waals surface area contributed by atoms with Crippen molar-refractivity contribution in [2.75, 3.05) is 31.1 Å². The van der Waals surface area contributed by atoms with Gasteiger partial charge in [-0.25, -0.2) is 0 Å². The summed E-state index contributed by atoms with van der Waals surface area (Å²) in [4.78, 5) is 15.5. The van der Waals surface area contributed by atoms with E-state index in [0.29, 0.717) is 0 Å². The third-order valence-electron chi connectivity index (χ3n) is 3.83. The predicted octanol–water partition coefficient (Wildman–Crippen LogP) is 2.06. The van der Waals surface area contributed by atoms with Crippen LogP contribution in [0.1, 0.15) is 19.8 Å². The van der Waals surface area contributed by atoms with E-state index in [1.54, 1.807) is 0 Å². The van der Waals surface area contributed by atoms with Crippen molar-refractivity contribution < 1.29 is 9.90 Å². The van der Waals surface area contributed by atoms with Gasteiger partial charge >= 0.3 is 5.97 Å². The SMILES string of the molecule is CCC(CC(=O)O)N1CCN(c2ccccc2)CC1. The van der Waals surface area contributed by atoms with Crippen molar-refractivity contribution in [3.05, 3.63) is 30.3 Å². The minimum absolute atomic E-state index is 0.176. The summed E-state index contributed by atoms with van der Waals surface area (Å²) in [5.41, 5.74) is 1.26. The molecule has 0 bridgehead atoms. The second-order valence-electron chi connectivity index (χ2n) is 5.02. The number of benzene rings is 1. The van der Waals surface area contributed by atoms with Crippen LogP contribution in [0.3, 0.4) is 0 Å². The zero-order chi connectivity index (χ0) is 13.7. The second kappa shape index (κ2) is 6.57. The van der Waals surface area contributed by atoms with Crippen LogP contribution in [0, 0.1) is 0 Å². The first kappa shape index (κ1) is 13.9. The van der Waals surface area contributed by atoms with Gasteiger partial charge in [-0.2, -0.15) is 0 Å². The van der Waals surface area contributed by atoms with Crippen molar-refractivity contribution in [1.29, 1.82) is 0 Å². The number of piperazine rings is 1. The van der Waals surface area contributed by atoms with Crippen molar-refractivity contribution in [2.45, 2.75) is 25.8 Å². The molecular formula is C15H22N2O2. The second-order valence-corrected chi connectivity index (χ2v) is 5.02. The zero-order valence-electron chi connectivity index (χ0n) is 11.5. The number of rotatable bonds is 5. The molecule has 4 heteroatoms. The molecule has 1 N–H and O–H groups in total. The minimum Gasteiger partial charge on any atom is -0.481 e. The lowest BCUT2D eigenvalue weighted by Crippen LogP contribution is -2.50. The summed E-state index contributed by atoms with van der Waals surface area (Å²) in [5, 5.41) is 8.94. The fourth-order valence-electron chi connectivity index (χ4n) is 2.72. The Hall–Kier alpha value is -1.55. The van der Waals surface area contributed by atoms with Gasteiger partial charge in [0.15, 0.2) is 0 Å². The third kappa shape index (κ3) is 3.70. The number of anilines is 1. The van der Waals surface area contributed by atoms with E-state index in [-0.39, 0.29) is 12.5 Å². The zero-order valence-corrected chi connectivity index (χ0v) is 11.5. The molecule has 0 saturated carbocycles. The Labute approximate surface area is 114 Å². The van der Waals surface area contributed by atoms with Crippen molar-refractivity contribution in [1.82, 2.24) is 4.90 Å². The van der Waals surface area contributed by atoms with Gasteiger partial charge < -0.3 is 10.0 Å². The first-order valence-electron chi connectivity index (χ1n) is 6.96. The predicted molar refractivity (Wildman–Crippen MR) is 76.6 cm³/mol. The molecule has 4 nitrogen and oxygen atoms in total. The normalized spacial score (nSPS) is 18.3. The van der Waals surface area contributed by atoms with Crippen LogP contribution in [-0.2, 0) is 4.79 Å². The molecule has 1 unspecified atom stereocenters. The number of para-hydroxylation sites is 1. The largest absolute Gasteiger partial charge is 0.481 e. The molecule has 1 heterocycles. The average Bonchev–Trinajstić information content (AvgIpc) is 2.46. The summed E-state index contributed by atoms with van der Waals surface area (Å²) in [5.74, 6) is -0.697. The summed E-state index contributed by atoms with van der Waals surface area (Å²) in [6.45, 7) is 5.90. The minimum atomic E-state index is -0.697. The Morgan fingerprint density at radius 2 is 1.84 bits per heavy atom. The number of carboxylic acids is 1. The maximum Gasteiger partial charge on any atom is 0.304 e. The molecule has 0 spiro atoms.